The predicted octanol–water partition coefficient (Wildman–Crippen LogP) is 4.65. The lowest BCUT2D eigenvalue weighted by molar-refractivity contribution is 0.606. The van der Waals surface area contributed by atoms with Gasteiger partial charge in [0.1, 0.15) is 5.82 Å². The highest BCUT2D eigenvalue weighted by Gasteiger charge is 2.25. The number of para-hydroxylation sites is 1. The molecule has 0 bridgehead atoms. The fraction of sp³-hybridized carbons (Fsp3) is 0.176. The normalized spacial score (nSPS) is 21.3. The van der Waals surface area contributed by atoms with Gasteiger partial charge in [-0.05, 0) is 35.7 Å². The number of nitrogens with one attached hydrogen (secondary N) is 1. The summed E-state index contributed by atoms with van der Waals surface area (Å²) in [4.78, 5) is 0. The summed E-state index contributed by atoms with van der Waals surface area (Å²) in [7, 11) is 0. The van der Waals surface area contributed by atoms with Crippen LogP contribution in [0.2, 0.25) is 0 Å². The van der Waals surface area contributed by atoms with Crippen LogP contribution in [0, 0.1) is 5.82 Å². The van der Waals surface area contributed by atoms with Crippen LogP contribution in [0.25, 0.3) is 0 Å². The third-order valence-electron chi connectivity index (χ3n) is 3.74. The number of hydrogen-bond donors (Lipinski definition) is 1. The van der Waals surface area contributed by atoms with E-state index in [1.54, 1.807) is 0 Å². The molecule has 1 aliphatic heterocycles. The van der Waals surface area contributed by atoms with Gasteiger partial charge in [0, 0.05) is 11.6 Å². The van der Waals surface area contributed by atoms with Crippen molar-refractivity contribution in [1.29, 1.82) is 0 Å². The van der Waals surface area contributed by atoms with Gasteiger partial charge in [-0.2, -0.15) is 0 Å². The van der Waals surface area contributed by atoms with E-state index < -0.39 is 0 Å². The second-order valence-corrected chi connectivity index (χ2v) is 4.91. The highest BCUT2D eigenvalue weighted by molar-refractivity contribution is 5.57. The first-order chi connectivity index (χ1) is 9.28. The van der Waals surface area contributed by atoms with Gasteiger partial charge in [0.2, 0.25) is 0 Å². The van der Waals surface area contributed by atoms with E-state index in [1.165, 1.54) is 17.7 Å². The maximum atomic E-state index is 13.0. The topological polar surface area (TPSA) is 12.0 Å². The first-order valence-electron chi connectivity index (χ1n) is 6.51. The number of benzene rings is 2. The number of rotatable bonds is 2. The SMILES string of the molecule is C=C[C@H]1C[C@@H](c2ccc(F)cc2)Nc2ccccc21. The zero-order valence-corrected chi connectivity index (χ0v) is 10.6. The lowest BCUT2D eigenvalue weighted by atomic mass is 9.84. The third-order valence-corrected chi connectivity index (χ3v) is 3.74. The van der Waals surface area contributed by atoms with Crippen LogP contribution < -0.4 is 5.32 Å². The summed E-state index contributed by atoms with van der Waals surface area (Å²) in [6.45, 7) is 3.94. The van der Waals surface area contributed by atoms with Crippen molar-refractivity contribution in [3.63, 3.8) is 0 Å². The van der Waals surface area contributed by atoms with E-state index in [1.807, 2.05) is 24.3 Å². The minimum Gasteiger partial charge on any atom is -0.378 e. The molecule has 1 nitrogen and oxygen atoms in total. The molecular weight excluding hydrogens is 237 g/mol. The van der Waals surface area contributed by atoms with Crippen molar-refractivity contribution in [3.05, 3.63) is 78.1 Å². The Balaban J connectivity index is 1.95. The van der Waals surface area contributed by atoms with Crippen molar-refractivity contribution in [2.45, 2.75) is 18.4 Å². The molecule has 1 heterocycles. The van der Waals surface area contributed by atoms with E-state index in [9.17, 15) is 4.39 Å². The molecule has 2 atom stereocenters. The van der Waals surface area contributed by atoms with E-state index in [-0.39, 0.29) is 11.9 Å². The molecule has 0 fully saturated rings. The second-order valence-electron chi connectivity index (χ2n) is 4.91. The molecule has 0 saturated heterocycles. The molecule has 0 spiro atoms. The first-order valence-corrected chi connectivity index (χ1v) is 6.51. The second kappa shape index (κ2) is 4.88. The summed E-state index contributed by atoms with van der Waals surface area (Å²) in [6, 6.07) is 15.2. The van der Waals surface area contributed by atoms with E-state index in [0.29, 0.717) is 5.92 Å². The number of anilines is 1. The number of hydrogen-bond acceptors (Lipinski definition) is 1. The average molecular weight is 253 g/mol. The Bertz CT molecular complexity index is 588. The van der Waals surface area contributed by atoms with Gasteiger partial charge in [0.25, 0.3) is 0 Å². The first kappa shape index (κ1) is 12.0. The molecule has 0 aliphatic carbocycles. The maximum absolute atomic E-state index is 13.0. The van der Waals surface area contributed by atoms with Gasteiger partial charge >= 0.3 is 0 Å². The Morgan fingerprint density at radius 2 is 1.84 bits per heavy atom. The molecule has 0 amide bonds. The van der Waals surface area contributed by atoms with Crippen LogP contribution in [0.3, 0.4) is 0 Å². The standard InChI is InChI=1S/C17H16FN/c1-2-12-11-17(13-7-9-14(18)10-8-13)19-16-6-4-3-5-15(12)16/h2-10,12,17,19H,1,11H2/t12-,17-/m0/s1. The van der Waals surface area contributed by atoms with Crippen molar-refractivity contribution in [1.82, 2.24) is 0 Å². The highest BCUT2D eigenvalue weighted by atomic mass is 19.1. The smallest absolute Gasteiger partial charge is 0.123 e. The average Bonchev–Trinajstić information content (AvgIpc) is 2.47. The summed E-state index contributed by atoms with van der Waals surface area (Å²) >= 11 is 0. The Morgan fingerprint density at radius 1 is 1.11 bits per heavy atom. The lowest BCUT2D eigenvalue weighted by Crippen LogP contribution is -2.20. The van der Waals surface area contributed by atoms with E-state index in [4.69, 9.17) is 0 Å². The molecule has 19 heavy (non-hydrogen) atoms. The summed E-state index contributed by atoms with van der Waals surface area (Å²) in [5.74, 6) is 0.146. The van der Waals surface area contributed by atoms with Crippen molar-refractivity contribution in [2.75, 3.05) is 5.32 Å². The summed E-state index contributed by atoms with van der Waals surface area (Å²) in [6.07, 6.45) is 2.95. The molecule has 3 rings (SSSR count). The number of halogens is 1. The molecule has 2 aromatic carbocycles. The minimum absolute atomic E-state index is 0.194. The number of allylic oxidation sites excluding steroid dienone is 1. The Hall–Kier alpha value is -2.09. The highest BCUT2D eigenvalue weighted by Crippen LogP contribution is 2.40. The predicted molar refractivity (Wildman–Crippen MR) is 76.8 cm³/mol. The van der Waals surface area contributed by atoms with Crippen LogP contribution in [0.15, 0.2) is 61.2 Å². The molecule has 0 aromatic heterocycles. The zero-order valence-electron chi connectivity index (χ0n) is 10.6. The van der Waals surface area contributed by atoms with Gasteiger partial charge in [-0.3, -0.25) is 0 Å². The van der Waals surface area contributed by atoms with Crippen LogP contribution in [0.4, 0.5) is 10.1 Å². The van der Waals surface area contributed by atoms with Crippen molar-refractivity contribution in [3.8, 4) is 0 Å². The monoisotopic (exact) mass is 253 g/mol. The van der Waals surface area contributed by atoms with Crippen molar-refractivity contribution < 1.29 is 4.39 Å². The van der Waals surface area contributed by atoms with Crippen LogP contribution in [-0.4, -0.2) is 0 Å². The molecule has 0 saturated carbocycles. The fourth-order valence-corrected chi connectivity index (χ4v) is 2.72. The number of fused-ring (bicyclic) bond motifs is 1. The Kier molecular flexibility index (Phi) is 3.08. The molecular formula is C17H16FN. The van der Waals surface area contributed by atoms with E-state index in [0.717, 1.165) is 17.7 Å². The van der Waals surface area contributed by atoms with Gasteiger partial charge in [-0.15, -0.1) is 6.58 Å². The maximum Gasteiger partial charge on any atom is 0.123 e. The molecule has 96 valence electrons. The summed E-state index contributed by atoms with van der Waals surface area (Å²) in [5.41, 5.74) is 3.55. The summed E-state index contributed by atoms with van der Waals surface area (Å²) < 4.78 is 13.0. The van der Waals surface area contributed by atoms with Crippen LogP contribution in [0.1, 0.15) is 29.5 Å². The third kappa shape index (κ3) is 2.26. The van der Waals surface area contributed by atoms with Crippen LogP contribution in [-0.2, 0) is 0 Å². The van der Waals surface area contributed by atoms with Crippen LogP contribution in [0.5, 0.6) is 0 Å². The molecule has 2 heteroatoms. The van der Waals surface area contributed by atoms with Gasteiger partial charge < -0.3 is 5.32 Å². The van der Waals surface area contributed by atoms with Gasteiger partial charge in [-0.1, -0.05) is 36.4 Å². The Morgan fingerprint density at radius 3 is 2.58 bits per heavy atom. The quantitative estimate of drug-likeness (QED) is 0.768. The van der Waals surface area contributed by atoms with E-state index >= 15 is 0 Å². The lowest BCUT2D eigenvalue weighted by Gasteiger charge is -2.32. The van der Waals surface area contributed by atoms with Gasteiger partial charge in [-0.25, -0.2) is 4.39 Å². The molecule has 1 aliphatic rings. The molecule has 0 radical (unpaired) electrons. The molecule has 1 N–H and O–H groups in total. The van der Waals surface area contributed by atoms with Crippen LogP contribution >= 0.6 is 0 Å². The summed E-state index contributed by atoms with van der Waals surface area (Å²) in [5, 5.41) is 3.53. The van der Waals surface area contributed by atoms with Gasteiger partial charge in [0.15, 0.2) is 0 Å². The largest absolute Gasteiger partial charge is 0.378 e. The fourth-order valence-electron chi connectivity index (χ4n) is 2.72. The van der Waals surface area contributed by atoms with Crippen molar-refractivity contribution >= 4 is 5.69 Å². The minimum atomic E-state index is -0.194. The van der Waals surface area contributed by atoms with E-state index in [2.05, 4.69) is 30.1 Å². The zero-order chi connectivity index (χ0) is 13.2. The Labute approximate surface area is 112 Å². The molecule has 0 unspecified atom stereocenters. The van der Waals surface area contributed by atoms with Gasteiger partial charge in [0.05, 0.1) is 6.04 Å². The molecule has 2 aromatic rings. The van der Waals surface area contributed by atoms with Crippen molar-refractivity contribution in [2.24, 2.45) is 0 Å².